The van der Waals surface area contributed by atoms with E-state index >= 15 is 0 Å². The molecule has 7 heteroatoms. The summed E-state index contributed by atoms with van der Waals surface area (Å²) >= 11 is 4.76. The Balaban J connectivity index is 2.54. The van der Waals surface area contributed by atoms with Gasteiger partial charge in [0, 0.05) is 24.0 Å². The van der Waals surface area contributed by atoms with E-state index in [1.54, 1.807) is 6.08 Å². The fourth-order valence-electron chi connectivity index (χ4n) is 1.18. The largest absolute Gasteiger partial charge is 0.480 e. The van der Waals surface area contributed by atoms with E-state index in [0.717, 1.165) is 8.66 Å². The van der Waals surface area contributed by atoms with Gasteiger partial charge in [0.25, 0.3) is 0 Å². The molecular formula is C11H12BrNO4S. The molecule has 0 saturated carbocycles. The predicted octanol–water partition coefficient (Wildman–Crippen LogP) is 1.48. The van der Waals surface area contributed by atoms with Gasteiger partial charge in [0.1, 0.15) is 6.04 Å². The van der Waals surface area contributed by atoms with Crippen molar-refractivity contribution in [2.45, 2.75) is 12.5 Å². The maximum absolute atomic E-state index is 11.5. The van der Waals surface area contributed by atoms with E-state index in [-0.39, 0.29) is 13.0 Å². The van der Waals surface area contributed by atoms with Crippen LogP contribution in [-0.4, -0.2) is 34.7 Å². The highest BCUT2D eigenvalue weighted by molar-refractivity contribution is 9.11. The first kappa shape index (κ1) is 14.9. The lowest BCUT2D eigenvalue weighted by atomic mass is 10.2. The van der Waals surface area contributed by atoms with Crippen molar-refractivity contribution in [1.29, 1.82) is 0 Å². The average Bonchev–Trinajstić information content (AvgIpc) is 2.72. The number of thiophene rings is 1. The van der Waals surface area contributed by atoms with Crippen LogP contribution in [0, 0.1) is 0 Å². The number of carbonyl (C=O) groups is 2. The Hall–Kier alpha value is -1.18. The minimum atomic E-state index is -1.16. The number of halogens is 1. The summed E-state index contributed by atoms with van der Waals surface area (Å²) in [5.41, 5.74) is 0. The summed E-state index contributed by atoms with van der Waals surface area (Å²) < 4.78 is 0.950. The molecule has 0 fully saturated rings. The van der Waals surface area contributed by atoms with Crippen LogP contribution in [0.15, 0.2) is 22.0 Å². The van der Waals surface area contributed by atoms with Gasteiger partial charge >= 0.3 is 5.97 Å². The molecule has 98 valence electrons. The van der Waals surface area contributed by atoms with Crippen LogP contribution in [0.5, 0.6) is 0 Å². The summed E-state index contributed by atoms with van der Waals surface area (Å²) in [6.07, 6.45) is 2.85. The molecule has 1 atom stereocenters. The standard InChI is InChI=1S/C11H12BrNO4S/c12-9-3-1-7(18-9)2-4-10(15)13-8(5-6-14)11(16)17/h1-4,8,14H,5-6H2,(H,13,15)(H,16,17)/b4-2+. The van der Waals surface area contributed by atoms with Crippen molar-refractivity contribution in [3.8, 4) is 0 Å². The summed E-state index contributed by atoms with van der Waals surface area (Å²) in [5.74, 6) is -1.66. The number of carbonyl (C=O) groups excluding carboxylic acids is 1. The minimum Gasteiger partial charge on any atom is -0.480 e. The summed E-state index contributed by atoms with van der Waals surface area (Å²) in [7, 11) is 0. The topological polar surface area (TPSA) is 86.6 Å². The molecule has 3 N–H and O–H groups in total. The van der Waals surface area contributed by atoms with Gasteiger partial charge in [-0.15, -0.1) is 11.3 Å². The molecular weight excluding hydrogens is 322 g/mol. The van der Waals surface area contributed by atoms with Crippen molar-refractivity contribution in [3.05, 3.63) is 26.9 Å². The smallest absolute Gasteiger partial charge is 0.326 e. The number of amides is 1. The first-order chi connectivity index (χ1) is 8.52. The zero-order valence-corrected chi connectivity index (χ0v) is 11.7. The molecule has 0 saturated heterocycles. The molecule has 0 bridgehead atoms. The zero-order valence-electron chi connectivity index (χ0n) is 9.30. The molecule has 1 amide bonds. The number of nitrogens with one attached hydrogen (secondary N) is 1. The van der Waals surface area contributed by atoms with E-state index in [4.69, 9.17) is 10.2 Å². The second kappa shape index (κ2) is 7.30. The molecule has 1 heterocycles. The molecule has 1 aromatic rings. The Labute approximate surface area is 116 Å². The quantitative estimate of drug-likeness (QED) is 0.688. The summed E-state index contributed by atoms with van der Waals surface area (Å²) in [4.78, 5) is 23.1. The van der Waals surface area contributed by atoms with Gasteiger partial charge in [0.15, 0.2) is 0 Å². The molecule has 5 nitrogen and oxygen atoms in total. The lowest BCUT2D eigenvalue weighted by Gasteiger charge is -2.10. The first-order valence-electron chi connectivity index (χ1n) is 5.10. The van der Waals surface area contributed by atoms with Gasteiger partial charge in [0.05, 0.1) is 3.79 Å². The van der Waals surface area contributed by atoms with E-state index in [2.05, 4.69) is 21.2 Å². The lowest BCUT2D eigenvalue weighted by molar-refractivity contribution is -0.141. The van der Waals surface area contributed by atoms with Crippen LogP contribution in [0.3, 0.4) is 0 Å². The number of aliphatic carboxylic acids is 1. The number of hydrogen-bond donors (Lipinski definition) is 3. The molecule has 0 aliphatic rings. The van der Waals surface area contributed by atoms with Gasteiger partial charge in [-0.3, -0.25) is 4.79 Å². The van der Waals surface area contributed by atoms with Crippen LogP contribution in [0.4, 0.5) is 0 Å². The Bertz CT molecular complexity index is 458. The van der Waals surface area contributed by atoms with Crippen LogP contribution in [-0.2, 0) is 9.59 Å². The molecule has 1 aromatic heterocycles. The summed E-state index contributed by atoms with van der Waals surface area (Å²) in [5, 5.41) is 19.8. The number of hydrogen-bond acceptors (Lipinski definition) is 4. The fraction of sp³-hybridized carbons (Fsp3) is 0.273. The number of rotatable bonds is 6. The van der Waals surface area contributed by atoms with Crippen LogP contribution >= 0.6 is 27.3 Å². The van der Waals surface area contributed by atoms with Crippen molar-refractivity contribution in [3.63, 3.8) is 0 Å². The molecule has 0 aliphatic heterocycles. The highest BCUT2D eigenvalue weighted by atomic mass is 79.9. The average molecular weight is 334 g/mol. The number of aliphatic hydroxyl groups excluding tert-OH is 1. The van der Waals surface area contributed by atoms with Gasteiger partial charge < -0.3 is 15.5 Å². The fourth-order valence-corrected chi connectivity index (χ4v) is 2.51. The third-order valence-electron chi connectivity index (χ3n) is 2.03. The number of carboxylic acids is 1. The Kier molecular flexibility index (Phi) is 6.03. The number of carboxylic acid groups (broad SMARTS) is 1. The van der Waals surface area contributed by atoms with E-state index < -0.39 is 17.9 Å². The SMILES string of the molecule is O=C(/C=C/c1ccc(Br)s1)NC(CCO)C(=O)O. The van der Waals surface area contributed by atoms with Crippen molar-refractivity contribution < 1.29 is 19.8 Å². The second-order valence-electron chi connectivity index (χ2n) is 3.39. The molecule has 0 aromatic carbocycles. The summed E-state index contributed by atoms with van der Waals surface area (Å²) in [6.45, 7) is -0.293. The van der Waals surface area contributed by atoms with Crippen molar-refractivity contribution in [2.24, 2.45) is 0 Å². The maximum Gasteiger partial charge on any atom is 0.326 e. The predicted molar refractivity (Wildman–Crippen MR) is 72.3 cm³/mol. The summed E-state index contributed by atoms with van der Waals surface area (Å²) in [6, 6.07) is 2.62. The molecule has 18 heavy (non-hydrogen) atoms. The van der Waals surface area contributed by atoms with Crippen LogP contribution in [0.1, 0.15) is 11.3 Å². The van der Waals surface area contributed by atoms with Crippen LogP contribution in [0.2, 0.25) is 0 Å². The Morgan fingerprint density at radius 1 is 1.50 bits per heavy atom. The Morgan fingerprint density at radius 3 is 2.72 bits per heavy atom. The minimum absolute atomic E-state index is 0.0144. The maximum atomic E-state index is 11.5. The van der Waals surface area contributed by atoms with Crippen molar-refractivity contribution >= 4 is 45.2 Å². The monoisotopic (exact) mass is 333 g/mol. The lowest BCUT2D eigenvalue weighted by Crippen LogP contribution is -2.40. The van der Waals surface area contributed by atoms with Crippen molar-refractivity contribution in [1.82, 2.24) is 5.32 Å². The third-order valence-corrected chi connectivity index (χ3v) is 3.61. The van der Waals surface area contributed by atoms with Gasteiger partial charge in [-0.25, -0.2) is 4.79 Å². The normalized spacial score (nSPS) is 12.6. The molecule has 1 rings (SSSR count). The van der Waals surface area contributed by atoms with Crippen LogP contribution < -0.4 is 5.32 Å². The van der Waals surface area contributed by atoms with Crippen molar-refractivity contribution in [2.75, 3.05) is 6.61 Å². The number of aliphatic hydroxyl groups is 1. The zero-order chi connectivity index (χ0) is 13.5. The van der Waals surface area contributed by atoms with Gasteiger partial charge in [-0.1, -0.05) is 0 Å². The van der Waals surface area contributed by atoms with E-state index in [0.29, 0.717) is 0 Å². The van der Waals surface area contributed by atoms with Crippen LogP contribution in [0.25, 0.3) is 6.08 Å². The van der Waals surface area contributed by atoms with Gasteiger partial charge in [0.2, 0.25) is 5.91 Å². The van der Waals surface area contributed by atoms with Gasteiger partial charge in [-0.05, 0) is 34.1 Å². The Morgan fingerprint density at radius 2 is 2.22 bits per heavy atom. The first-order valence-corrected chi connectivity index (χ1v) is 6.71. The highest BCUT2D eigenvalue weighted by Crippen LogP contribution is 2.22. The van der Waals surface area contributed by atoms with E-state index in [1.807, 2.05) is 12.1 Å². The highest BCUT2D eigenvalue weighted by Gasteiger charge is 2.17. The molecule has 0 radical (unpaired) electrons. The second-order valence-corrected chi connectivity index (χ2v) is 5.88. The van der Waals surface area contributed by atoms with E-state index in [9.17, 15) is 9.59 Å². The van der Waals surface area contributed by atoms with Gasteiger partial charge in [-0.2, -0.15) is 0 Å². The third kappa shape index (κ3) is 4.99. The molecule has 0 spiro atoms. The molecule has 0 aliphatic carbocycles. The molecule has 1 unspecified atom stereocenters. The van der Waals surface area contributed by atoms with E-state index in [1.165, 1.54) is 17.4 Å².